The number of amidine groups is 1. The van der Waals surface area contributed by atoms with E-state index in [2.05, 4.69) is 59.7 Å². The van der Waals surface area contributed by atoms with Crippen molar-refractivity contribution >= 4 is 27.7 Å². The van der Waals surface area contributed by atoms with Crippen LogP contribution in [-0.2, 0) is 6.54 Å². The van der Waals surface area contributed by atoms with E-state index in [4.69, 9.17) is 0 Å². The average Bonchev–Trinajstić information content (AvgIpc) is 2.93. The summed E-state index contributed by atoms with van der Waals surface area (Å²) in [6, 6.07) is 15.0. The first-order chi connectivity index (χ1) is 9.86. The Kier molecular flexibility index (Phi) is 4.26. The van der Waals surface area contributed by atoms with Crippen LogP contribution >= 0.6 is 11.8 Å². The maximum absolute atomic E-state index is 4.60. The van der Waals surface area contributed by atoms with Crippen LogP contribution in [0.15, 0.2) is 47.5 Å². The van der Waals surface area contributed by atoms with Gasteiger partial charge < -0.3 is 5.32 Å². The quantitative estimate of drug-likeness (QED) is 0.910. The van der Waals surface area contributed by atoms with Gasteiger partial charge in [0.25, 0.3) is 0 Å². The molecule has 1 unspecified atom stereocenters. The van der Waals surface area contributed by atoms with E-state index in [-0.39, 0.29) is 0 Å². The second-order valence-electron chi connectivity index (χ2n) is 5.17. The molecule has 0 aromatic heterocycles. The number of benzene rings is 2. The zero-order valence-electron chi connectivity index (χ0n) is 11.8. The zero-order chi connectivity index (χ0) is 13.8. The lowest BCUT2D eigenvalue weighted by molar-refractivity contribution is 0.754. The van der Waals surface area contributed by atoms with E-state index in [9.17, 15) is 0 Å². The Morgan fingerprint density at radius 2 is 2.05 bits per heavy atom. The van der Waals surface area contributed by atoms with Gasteiger partial charge in [-0.05, 0) is 22.8 Å². The molecule has 0 aliphatic carbocycles. The van der Waals surface area contributed by atoms with Crippen LogP contribution < -0.4 is 5.32 Å². The highest BCUT2D eigenvalue weighted by Gasteiger charge is 2.18. The number of nitrogens with one attached hydrogen (secondary N) is 1. The van der Waals surface area contributed by atoms with E-state index >= 15 is 0 Å². The predicted octanol–water partition coefficient (Wildman–Crippen LogP) is 4.20. The molecular formula is C17H20N2S. The molecule has 1 atom stereocenters. The second kappa shape index (κ2) is 6.31. The van der Waals surface area contributed by atoms with Crippen molar-refractivity contribution in [2.45, 2.75) is 31.6 Å². The van der Waals surface area contributed by atoms with Crippen molar-refractivity contribution in [3.63, 3.8) is 0 Å². The molecule has 0 saturated carbocycles. The third kappa shape index (κ3) is 2.98. The maximum atomic E-state index is 4.60. The minimum absolute atomic E-state index is 0.676. The van der Waals surface area contributed by atoms with Crippen LogP contribution in [0.1, 0.15) is 25.3 Å². The summed E-state index contributed by atoms with van der Waals surface area (Å²) in [5.41, 5.74) is 1.34. The molecule has 1 N–H and O–H groups in total. The Labute approximate surface area is 124 Å². The number of rotatable bonds is 4. The summed E-state index contributed by atoms with van der Waals surface area (Å²) in [6.45, 7) is 4.06. The van der Waals surface area contributed by atoms with Gasteiger partial charge in [0, 0.05) is 11.8 Å². The molecule has 0 amide bonds. The van der Waals surface area contributed by atoms with Gasteiger partial charge in [-0.15, -0.1) is 0 Å². The summed E-state index contributed by atoms with van der Waals surface area (Å²) in [6.07, 6.45) is 2.50. The monoisotopic (exact) mass is 284 g/mol. The normalized spacial score (nSPS) is 18.2. The largest absolute Gasteiger partial charge is 0.361 e. The van der Waals surface area contributed by atoms with Gasteiger partial charge in [0.1, 0.15) is 0 Å². The van der Waals surface area contributed by atoms with Gasteiger partial charge in [-0.2, -0.15) is 0 Å². The van der Waals surface area contributed by atoms with Crippen LogP contribution in [-0.4, -0.2) is 17.0 Å². The third-order valence-electron chi connectivity index (χ3n) is 3.64. The molecule has 0 saturated heterocycles. The minimum atomic E-state index is 0.676. The van der Waals surface area contributed by atoms with Crippen molar-refractivity contribution in [2.75, 3.05) is 6.54 Å². The first-order valence-corrected chi connectivity index (χ1v) is 8.16. The molecule has 0 bridgehead atoms. The molecule has 1 aliphatic heterocycles. The smallest absolute Gasteiger partial charge is 0.157 e. The zero-order valence-corrected chi connectivity index (χ0v) is 12.6. The summed E-state index contributed by atoms with van der Waals surface area (Å²) in [4.78, 5) is 4.60. The van der Waals surface area contributed by atoms with E-state index in [1.54, 1.807) is 0 Å². The number of hydrogen-bond acceptors (Lipinski definition) is 3. The van der Waals surface area contributed by atoms with Crippen molar-refractivity contribution in [1.29, 1.82) is 0 Å². The van der Waals surface area contributed by atoms with Crippen LogP contribution in [0.4, 0.5) is 0 Å². The van der Waals surface area contributed by atoms with Gasteiger partial charge in [0.2, 0.25) is 0 Å². The highest BCUT2D eigenvalue weighted by Crippen LogP contribution is 2.24. The van der Waals surface area contributed by atoms with Crippen LogP contribution in [0.3, 0.4) is 0 Å². The van der Waals surface area contributed by atoms with Gasteiger partial charge in [0.15, 0.2) is 5.17 Å². The fourth-order valence-corrected chi connectivity index (χ4v) is 3.73. The first-order valence-electron chi connectivity index (χ1n) is 7.28. The molecule has 2 aromatic carbocycles. The SMILES string of the molecule is CCCC1CN=C(NCc2cccc3ccccc23)S1. The fourth-order valence-electron chi connectivity index (χ4n) is 2.60. The lowest BCUT2D eigenvalue weighted by Crippen LogP contribution is -2.19. The van der Waals surface area contributed by atoms with Crippen molar-refractivity contribution in [3.05, 3.63) is 48.0 Å². The van der Waals surface area contributed by atoms with Crippen LogP contribution in [0, 0.1) is 0 Å². The Morgan fingerprint density at radius 3 is 2.95 bits per heavy atom. The summed E-state index contributed by atoms with van der Waals surface area (Å²) in [5.74, 6) is 0. The minimum Gasteiger partial charge on any atom is -0.361 e. The average molecular weight is 284 g/mol. The number of aliphatic imine (C=N–C) groups is 1. The third-order valence-corrected chi connectivity index (χ3v) is 4.85. The summed E-state index contributed by atoms with van der Waals surface area (Å²) >= 11 is 1.90. The molecule has 2 nitrogen and oxygen atoms in total. The van der Waals surface area contributed by atoms with Crippen molar-refractivity contribution in [3.8, 4) is 0 Å². The molecule has 104 valence electrons. The lowest BCUT2D eigenvalue weighted by Gasteiger charge is -2.10. The van der Waals surface area contributed by atoms with Gasteiger partial charge >= 0.3 is 0 Å². The van der Waals surface area contributed by atoms with E-state index < -0.39 is 0 Å². The molecule has 2 aromatic rings. The van der Waals surface area contributed by atoms with Crippen molar-refractivity contribution in [1.82, 2.24) is 5.32 Å². The van der Waals surface area contributed by atoms with Crippen LogP contribution in [0.2, 0.25) is 0 Å². The summed E-state index contributed by atoms with van der Waals surface area (Å²) in [5, 5.41) is 7.91. The Hall–Kier alpha value is -1.48. The number of hydrogen-bond donors (Lipinski definition) is 1. The number of nitrogens with zero attached hydrogens (tertiary/aromatic N) is 1. The van der Waals surface area contributed by atoms with E-state index in [0.29, 0.717) is 5.25 Å². The van der Waals surface area contributed by atoms with Crippen LogP contribution in [0.25, 0.3) is 10.8 Å². The molecule has 0 spiro atoms. The molecule has 0 radical (unpaired) electrons. The Balaban J connectivity index is 1.66. The molecule has 3 rings (SSSR count). The van der Waals surface area contributed by atoms with Gasteiger partial charge in [-0.3, -0.25) is 4.99 Å². The Bertz CT molecular complexity index is 616. The molecule has 0 fully saturated rings. The topological polar surface area (TPSA) is 24.4 Å². The molecule has 3 heteroatoms. The summed E-state index contributed by atoms with van der Waals surface area (Å²) < 4.78 is 0. The molecular weight excluding hydrogens is 264 g/mol. The highest BCUT2D eigenvalue weighted by molar-refractivity contribution is 8.14. The molecule has 1 aliphatic rings. The molecule has 1 heterocycles. The van der Waals surface area contributed by atoms with E-state index in [1.807, 2.05) is 11.8 Å². The summed E-state index contributed by atoms with van der Waals surface area (Å²) in [7, 11) is 0. The van der Waals surface area contributed by atoms with Gasteiger partial charge in [-0.25, -0.2) is 0 Å². The fraction of sp³-hybridized carbons (Fsp3) is 0.353. The van der Waals surface area contributed by atoms with E-state index in [0.717, 1.165) is 18.3 Å². The molecule has 20 heavy (non-hydrogen) atoms. The first kappa shape index (κ1) is 13.5. The standard InChI is InChI=1S/C17H20N2S/c1-2-6-15-12-19-17(20-15)18-11-14-9-5-8-13-7-3-4-10-16(13)14/h3-5,7-10,15H,2,6,11-12H2,1H3,(H,18,19). The predicted molar refractivity (Wildman–Crippen MR) is 89.4 cm³/mol. The van der Waals surface area contributed by atoms with Crippen molar-refractivity contribution in [2.24, 2.45) is 4.99 Å². The number of thioether (sulfide) groups is 1. The maximum Gasteiger partial charge on any atom is 0.157 e. The van der Waals surface area contributed by atoms with E-state index in [1.165, 1.54) is 29.2 Å². The van der Waals surface area contributed by atoms with Crippen LogP contribution in [0.5, 0.6) is 0 Å². The lowest BCUT2D eigenvalue weighted by atomic mass is 10.0. The van der Waals surface area contributed by atoms with Gasteiger partial charge in [0.05, 0.1) is 6.54 Å². The van der Waals surface area contributed by atoms with Gasteiger partial charge in [-0.1, -0.05) is 67.6 Å². The number of fused-ring (bicyclic) bond motifs is 1. The Morgan fingerprint density at radius 1 is 1.20 bits per heavy atom. The second-order valence-corrected chi connectivity index (χ2v) is 6.46. The van der Waals surface area contributed by atoms with Crippen molar-refractivity contribution < 1.29 is 0 Å². The highest BCUT2D eigenvalue weighted by atomic mass is 32.2.